The maximum Gasteiger partial charge on any atom is 0.272 e. The predicted octanol–water partition coefficient (Wildman–Crippen LogP) is 5.24. The van der Waals surface area contributed by atoms with E-state index in [0.717, 1.165) is 10.9 Å². The predicted molar refractivity (Wildman–Crippen MR) is 113 cm³/mol. The molecule has 0 saturated heterocycles. The Bertz CT molecular complexity index is 977. The highest BCUT2D eigenvalue weighted by molar-refractivity contribution is 9.10. The summed E-state index contributed by atoms with van der Waals surface area (Å²) in [5.74, 6) is 0.770. The molecule has 7 heteroatoms. The molecule has 4 nitrogen and oxygen atoms in total. The highest BCUT2D eigenvalue weighted by Gasteiger charge is 2.15. The van der Waals surface area contributed by atoms with Gasteiger partial charge in [0, 0.05) is 16.6 Å². The number of ketones is 1. The number of hydrogen-bond acceptors (Lipinski definition) is 5. The molecular formula is C19H19BrN2O2S2. The molecule has 0 radical (unpaired) electrons. The molecule has 0 aliphatic heterocycles. The van der Waals surface area contributed by atoms with E-state index in [1.165, 1.54) is 23.1 Å². The minimum atomic E-state index is -0.00996. The Morgan fingerprint density at radius 2 is 2.00 bits per heavy atom. The van der Waals surface area contributed by atoms with E-state index in [-0.39, 0.29) is 17.1 Å². The van der Waals surface area contributed by atoms with Crippen molar-refractivity contribution in [2.75, 3.05) is 5.75 Å². The van der Waals surface area contributed by atoms with Gasteiger partial charge in [-0.15, -0.1) is 11.3 Å². The molecule has 0 amide bonds. The van der Waals surface area contributed by atoms with E-state index in [0.29, 0.717) is 33.4 Å². The van der Waals surface area contributed by atoms with Gasteiger partial charge in [-0.1, -0.05) is 53.7 Å². The minimum absolute atomic E-state index is 0.00996. The highest BCUT2D eigenvalue weighted by Crippen LogP contribution is 2.23. The third-order valence-electron chi connectivity index (χ3n) is 3.96. The SMILES string of the molecule is CC(C)CCn1c(SCC(=O)c2ccc(Br)cc2)nc2ccsc2c1=O. The Balaban J connectivity index is 1.85. The van der Waals surface area contributed by atoms with Crippen LogP contribution in [0.1, 0.15) is 30.6 Å². The normalized spacial score (nSPS) is 11.4. The van der Waals surface area contributed by atoms with Gasteiger partial charge in [0.25, 0.3) is 5.56 Å². The van der Waals surface area contributed by atoms with Crippen LogP contribution in [0.4, 0.5) is 0 Å². The third-order valence-corrected chi connectivity index (χ3v) is 6.36. The standard InChI is InChI=1S/C19H19BrN2O2S2/c1-12(2)7-9-22-18(24)17-15(8-10-25-17)21-19(22)26-11-16(23)13-3-5-14(20)6-4-13/h3-6,8,10,12H,7,9,11H2,1-2H3. The van der Waals surface area contributed by atoms with E-state index in [4.69, 9.17) is 0 Å². The van der Waals surface area contributed by atoms with Crippen LogP contribution in [0.2, 0.25) is 0 Å². The molecule has 0 spiro atoms. The van der Waals surface area contributed by atoms with E-state index in [9.17, 15) is 9.59 Å². The van der Waals surface area contributed by atoms with Crippen LogP contribution in [0.3, 0.4) is 0 Å². The molecule has 0 aliphatic rings. The number of nitrogens with zero attached hydrogens (tertiary/aromatic N) is 2. The highest BCUT2D eigenvalue weighted by atomic mass is 79.9. The topological polar surface area (TPSA) is 52.0 Å². The van der Waals surface area contributed by atoms with Gasteiger partial charge in [0.15, 0.2) is 10.9 Å². The number of carbonyl (C=O) groups is 1. The number of rotatable bonds is 7. The summed E-state index contributed by atoms with van der Waals surface area (Å²) in [4.78, 5) is 29.9. The first kappa shape index (κ1) is 19.3. The van der Waals surface area contributed by atoms with Gasteiger partial charge in [0.05, 0.1) is 11.3 Å². The number of carbonyl (C=O) groups excluding carboxylic acids is 1. The van der Waals surface area contributed by atoms with Crippen molar-refractivity contribution in [1.29, 1.82) is 0 Å². The van der Waals surface area contributed by atoms with Crippen LogP contribution < -0.4 is 5.56 Å². The summed E-state index contributed by atoms with van der Waals surface area (Å²) in [6.45, 7) is 4.88. The molecule has 0 N–H and O–H groups in total. The Labute approximate surface area is 168 Å². The summed E-state index contributed by atoms with van der Waals surface area (Å²) in [6, 6.07) is 9.16. The van der Waals surface area contributed by atoms with Crippen molar-refractivity contribution in [3.63, 3.8) is 0 Å². The molecule has 136 valence electrons. The lowest BCUT2D eigenvalue weighted by molar-refractivity contribution is 0.102. The number of Topliss-reactive ketones (excluding diaryl/α,β-unsaturated/α-hetero) is 1. The zero-order valence-electron chi connectivity index (χ0n) is 14.6. The van der Waals surface area contributed by atoms with Crippen LogP contribution in [0.25, 0.3) is 10.2 Å². The van der Waals surface area contributed by atoms with Gasteiger partial charge in [0.2, 0.25) is 0 Å². The van der Waals surface area contributed by atoms with Gasteiger partial charge in [0.1, 0.15) is 4.70 Å². The fourth-order valence-electron chi connectivity index (χ4n) is 2.47. The fraction of sp³-hybridized carbons (Fsp3) is 0.316. The summed E-state index contributed by atoms with van der Waals surface area (Å²) in [7, 11) is 0. The quantitative estimate of drug-likeness (QED) is 0.280. The molecule has 2 aromatic heterocycles. The average Bonchev–Trinajstić information content (AvgIpc) is 3.08. The van der Waals surface area contributed by atoms with Gasteiger partial charge >= 0.3 is 0 Å². The lowest BCUT2D eigenvalue weighted by Gasteiger charge is -2.13. The van der Waals surface area contributed by atoms with E-state index in [2.05, 4.69) is 34.8 Å². The third kappa shape index (κ3) is 4.45. The van der Waals surface area contributed by atoms with Crippen LogP contribution >= 0.6 is 39.0 Å². The van der Waals surface area contributed by atoms with Crippen molar-refractivity contribution in [3.05, 3.63) is 56.1 Å². The maximum atomic E-state index is 12.8. The van der Waals surface area contributed by atoms with E-state index in [1.807, 2.05) is 23.6 Å². The summed E-state index contributed by atoms with van der Waals surface area (Å²) in [5.41, 5.74) is 1.36. The molecule has 0 saturated carbocycles. The van der Waals surface area contributed by atoms with Crippen molar-refractivity contribution < 1.29 is 4.79 Å². The average molecular weight is 451 g/mol. The second-order valence-corrected chi connectivity index (χ2v) is 9.16. The number of halogens is 1. The lowest BCUT2D eigenvalue weighted by Crippen LogP contribution is -2.23. The largest absolute Gasteiger partial charge is 0.293 e. The van der Waals surface area contributed by atoms with Crippen LogP contribution in [-0.2, 0) is 6.54 Å². The van der Waals surface area contributed by atoms with Gasteiger partial charge in [-0.25, -0.2) is 4.98 Å². The van der Waals surface area contributed by atoms with Gasteiger partial charge in [-0.05, 0) is 35.9 Å². The minimum Gasteiger partial charge on any atom is -0.293 e. The molecule has 3 aromatic rings. The van der Waals surface area contributed by atoms with Crippen molar-refractivity contribution >= 4 is 55.0 Å². The first-order chi connectivity index (χ1) is 12.5. The molecule has 26 heavy (non-hydrogen) atoms. The van der Waals surface area contributed by atoms with E-state index in [1.54, 1.807) is 16.7 Å². The van der Waals surface area contributed by atoms with Crippen LogP contribution in [-0.4, -0.2) is 21.1 Å². The van der Waals surface area contributed by atoms with Crippen molar-refractivity contribution in [1.82, 2.24) is 9.55 Å². The first-order valence-electron chi connectivity index (χ1n) is 8.35. The molecule has 3 rings (SSSR count). The van der Waals surface area contributed by atoms with Gasteiger partial charge in [-0.2, -0.15) is 0 Å². The number of thiophene rings is 1. The Morgan fingerprint density at radius 3 is 2.69 bits per heavy atom. The number of fused-ring (bicyclic) bond motifs is 1. The molecule has 0 aliphatic carbocycles. The Morgan fingerprint density at radius 1 is 1.27 bits per heavy atom. The molecule has 0 atom stereocenters. The lowest BCUT2D eigenvalue weighted by atomic mass is 10.1. The Hall–Kier alpha value is -1.44. The number of benzene rings is 1. The van der Waals surface area contributed by atoms with Crippen LogP contribution in [0.5, 0.6) is 0 Å². The molecule has 0 fully saturated rings. The van der Waals surface area contributed by atoms with Crippen LogP contribution in [0, 0.1) is 5.92 Å². The zero-order chi connectivity index (χ0) is 18.7. The smallest absolute Gasteiger partial charge is 0.272 e. The summed E-state index contributed by atoms with van der Waals surface area (Å²) in [6.07, 6.45) is 0.896. The van der Waals surface area contributed by atoms with Crippen molar-refractivity contribution in [2.45, 2.75) is 32.0 Å². The van der Waals surface area contributed by atoms with Crippen LogP contribution in [0.15, 0.2) is 50.1 Å². The fourth-order valence-corrected chi connectivity index (χ4v) is 4.43. The molecular weight excluding hydrogens is 432 g/mol. The van der Waals surface area contributed by atoms with E-state index >= 15 is 0 Å². The molecule has 0 bridgehead atoms. The second kappa shape index (κ2) is 8.50. The second-order valence-electron chi connectivity index (χ2n) is 6.39. The monoisotopic (exact) mass is 450 g/mol. The molecule has 0 unspecified atom stereocenters. The number of hydrogen-bond donors (Lipinski definition) is 0. The molecule has 2 heterocycles. The first-order valence-corrected chi connectivity index (χ1v) is 11.0. The van der Waals surface area contributed by atoms with Crippen molar-refractivity contribution in [2.24, 2.45) is 5.92 Å². The number of thioether (sulfide) groups is 1. The maximum absolute atomic E-state index is 12.8. The van der Waals surface area contributed by atoms with Crippen molar-refractivity contribution in [3.8, 4) is 0 Å². The summed E-state index contributed by atoms with van der Waals surface area (Å²) < 4.78 is 3.34. The zero-order valence-corrected chi connectivity index (χ0v) is 17.8. The summed E-state index contributed by atoms with van der Waals surface area (Å²) >= 11 is 6.12. The van der Waals surface area contributed by atoms with Gasteiger partial charge < -0.3 is 0 Å². The number of aromatic nitrogens is 2. The van der Waals surface area contributed by atoms with Gasteiger partial charge in [-0.3, -0.25) is 14.2 Å². The summed E-state index contributed by atoms with van der Waals surface area (Å²) in [5, 5.41) is 2.50. The Kier molecular flexibility index (Phi) is 6.32. The molecule has 1 aromatic carbocycles. The van der Waals surface area contributed by atoms with E-state index < -0.39 is 0 Å².